The van der Waals surface area contributed by atoms with Crippen LogP contribution >= 0.6 is 15.9 Å². The molecule has 7 nitrogen and oxygen atoms in total. The van der Waals surface area contributed by atoms with E-state index < -0.39 is 0 Å². The molecule has 1 aromatic heterocycles. The molecule has 1 fully saturated rings. The number of nitrogens with one attached hydrogen (secondary N) is 1. The zero-order valence-electron chi connectivity index (χ0n) is 22.8. The van der Waals surface area contributed by atoms with Crippen molar-refractivity contribution >= 4 is 33.8 Å². The predicted octanol–water partition coefficient (Wildman–Crippen LogP) is 7.38. The molecule has 0 unspecified atom stereocenters. The van der Waals surface area contributed by atoms with Crippen molar-refractivity contribution in [2.24, 2.45) is 5.10 Å². The van der Waals surface area contributed by atoms with E-state index in [0.29, 0.717) is 24.9 Å². The van der Waals surface area contributed by atoms with Crippen LogP contribution in [0.25, 0.3) is 0 Å². The average Bonchev–Trinajstić information content (AvgIpc) is 2.92. The number of ether oxygens (including phenoxy) is 2. The second-order valence-corrected chi connectivity index (χ2v) is 11.1. The quantitative estimate of drug-likeness (QED) is 0.145. The molecule has 0 radical (unpaired) electrons. The molecule has 0 aliphatic heterocycles. The summed E-state index contributed by atoms with van der Waals surface area (Å²) in [6.07, 6.45) is 8.40. The summed E-state index contributed by atoms with van der Waals surface area (Å²) in [4.78, 5) is 11.1. The monoisotopic (exact) mass is 579 g/mol. The Morgan fingerprint density at radius 1 is 1.00 bits per heavy atom. The first-order valence-electron chi connectivity index (χ1n) is 13.4. The van der Waals surface area contributed by atoms with E-state index in [0.717, 1.165) is 33.2 Å². The van der Waals surface area contributed by atoms with E-state index in [1.165, 1.54) is 37.7 Å². The number of halogens is 1. The van der Waals surface area contributed by atoms with Gasteiger partial charge in [0.05, 0.1) is 6.21 Å². The maximum absolute atomic E-state index is 6.04. The van der Waals surface area contributed by atoms with Crippen LogP contribution in [0.2, 0.25) is 0 Å². The maximum Gasteiger partial charge on any atom is 0.152 e. The normalized spacial score (nSPS) is 14.2. The van der Waals surface area contributed by atoms with Gasteiger partial charge in [-0.25, -0.2) is 9.97 Å². The van der Waals surface area contributed by atoms with Gasteiger partial charge < -0.3 is 14.4 Å². The summed E-state index contributed by atoms with van der Waals surface area (Å²) in [5.74, 6) is 4.76. The lowest BCUT2D eigenvalue weighted by Gasteiger charge is -2.22. The number of rotatable bonds is 11. The molecular weight excluding hydrogens is 542 g/mol. The van der Waals surface area contributed by atoms with Crippen molar-refractivity contribution in [3.8, 4) is 11.5 Å². The number of hydrogen-bond acceptors (Lipinski definition) is 7. The van der Waals surface area contributed by atoms with Crippen LogP contribution in [-0.4, -0.2) is 43.5 Å². The smallest absolute Gasteiger partial charge is 0.152 e. The lowest BCUT2D eigenvalue weighted by Crippen LogP contribution is -2.14. The number of aromatic nitrogens is 2. The number of nitrogens with zero attached hydrogens (tertiary/aromatic N) is 4. The maximum atomic E-state index is 6.04. The Kier molecular flexibility index (Phi) is 9.98. The third kappa shape index (κ3) is 7.93. The summed E-state index contributed by atoms with van der Waals surface area (Å²) in [7, 11) is 3.92. The van der Waals surface area contributed by atoms with E-state index in [9.17, 15) is 0 Å². The first kappa shape index (κ1) is 27.9. The second-order valence-electron chi connectivity index (χ2n) is 10.2. The lowest BCUT2D eigenvalue weighted by atomic mass is 9.84. The highest BCUT2D eigenvalue weighted by Gasteiger charge is 2.15. The molecule has 1 saturated carbocycles. The predicted molar refractivity (Wildman–Crippen MR) is 159 cm³/mol. The number of hydrazone groups is 1. The standard InChI is InChI=1S/C30H38BrN5O2/c1-21(2)30-33-28(19-29(34-30)36(3)4)35-32-20-24-18-25(31)12-15-27(24)38-17-16-37-26-13-10-23(11-14-26)22-8-6-5-7-9-22/h10-15,18-22H,5-9,16-17H2,1-4H3,(H,33,34,35)/b32-20-. The van der Waals surface area contributed by atoms with Crippen molar-refractivity contribution in [3.63, 3.8) is 0 Å². The molecule has 38 heavy (non-hydrogen) atoms. The van der Waals surface area contributed by atoms with Gasteiger partial charge in [0.2, 0.25) is 0 Å². The Bertz CT molecular complexity index is 1180. The second kappa shape index (κ2) is 13.6. The van der Waals surface area contributed by atoms with E-state index >= 15 is 0 Å². The van der Waals surface area contributed by atoms with Gasteiger partial charge >= 0.3 is 0 Å². The van der Waals surface area contributed by atoms with Crippen LogP contribution in [0.4, 0.5) is 11.6 Å². The third-order valence-electron chi connectivity index (χ3n) is 6.63. The molecule has 0 bridgehead atoms. The van der Waals surface area contributed by atoms with Gasteiger partial charge in [0.25, 0.3) is 0 Å². The Morgan fingerprint density at radius 2 is 1.74 bits per heavy atom. The minimum atomic E-state index is 0.210. The van der Waals surface area contributed by atoms with Gasteiger partial charge in [0, 0.05) is 36.1 Å². The number of hydrogen-bond donors (Lipinski definition) is 1. The summed E-state index contributed by atoms with van der Waals surface area (Å²) in [6.45, 7) is 5.03. The molecular formula is C30H38BrN5O2. The van der Waals surface area contributed by atoms with E-state index in [1.54, 1.807) is 6.21 Å². The van der Waals surface area contributed by atoms with Gasteiger partial charge in [-0.05, 0) is 54.7 Å². The van der Waals surface area contributed by atoms with Crippen LogP contribution in [0.3, 0.4) is 0 Å². The van der Waals surface area contributed by atoms with Gasteiger partial charge in [0.15, 0.2) is 5.82 Å². The topological polar surface area (TPSA) is 71.9 Å². The summed E-state index contributed by atoms with van der Waals surface area (Å²) in [6, 6.07) is 16.3. The van der Waals surface area contributed by atoms with Crippen molar-refractivity contribution < 1.29 is 9.47 Å². The van der Waals surface area contributed by atoms with Gasteiger partial charge in [-0.3, -0.25) is 5.43 Å². The summed E-state index contributed by atoms with van der Waals surface area (Å²) in [5.41, 5.74) is 5.32. The fourth-order valence-electron chi connectivity index (χ4n) is 4.50. The Morgan fingerprint density at radius 3 is 2.45 bits per heavy atom. The highest BCUT2D eigenvalue weighted by atomic mass is 79.9. The van der Waals surface area contributed by atoms with E-state index in [-0.39, 0.29) is 5.92 Å². The molecule has 0 amide bonds. The molecule has 0 saturated heterocycles. The highest BCUT2D eigenvalue weighted by Crippen LogP contribution is 2.33. The molecule has 1 aliphatic carbocycles. The third-order valence-corrected chi connectivity index (χ3v) is 7.12. The molecule has 1 N–H and O–H groups in total. The van der Waals surface area contributed by atoms with Crippen LogP contribution < -0.4 is 19.8 Å². The van der Waals surface area contributed by atoms with Crippen LogP contribution in [-0.2, 0) is 0 Å². The first-order chi connectivity index (χ1) is 18.4. The van der Waals surface area contributed by atoms with Crippen molar-refractivity contribution in [2.45, 2.75) is 57.8 Å². The summed E-state index contributed by atoms with van der Waals surface area (Å²) in [5, 5.41) is 4.42. The first-order valence-corrected chi connectivity index (χ1v) is 14.2. The molecule has 202 valence electrons. The number of benzene rings is 2. The van der Waals surface area contributed by atoms with Crippen LogP contribution in [0.1, 0.15) is 74.7 Å². The minimum absolute atomic E-state index is 0.210. The number of anilines is 2. The SMILES string of the molecule is CC(C)c1nc(N/N=C\c2cc(Br)ccc2OCCOc2ccc(C3CCCCC3)cc2)cc(N(C)C)n1. The molecule has 0 spiro atoms. The summed E-state index contributed by atoms with van der Waals surface area (Å²) < 4.78 is 12.9. The largest absolute Gasteiger partial charge is 0.490 e. The molecule has 1 heterocycles. The summed E-state index contributed by atoms with van der Waals surface area (Å²) >= 11 is 3.54. The Hall–Kier alpha value is -3.13. The van der Waals surface area contributed by atoms with Crippen molar-refractivity contribution in [2.75, 3.05) is 37.6 Å². The molecule has 3 aromatic rings. The minimum Gasteiger partial charge on any atom is -0.490 e. The van der Waals surface area contributed by atoms with E-state index in [1.807, 2.05) is 43.3 Å². The van der Waals surface area contributed by atoms with Gasteiger partial charge in [-0.1, -0.05) is 61.2 Å². The zero-order valence-corrected chi connectivity index (χ0v) is 24.4. The van der Waals surface area contributed by atoms with Crippen molar-refractivity contribution in [1.29, 1.82) is 0 Å². The fourth-order valence-corrected chi connectivity index (χ4v) is 4.88. The molecule has 8 heteroatoms. The highest BCUT2D eigenvalue weighted by molar-refractivity contribution is 9.10. The molecule has 0 atom stereocenters. The Balaban J connectivity index is 1.33. The van der Waals surface area contributed by atoms with Crippen LogP contribution in [0.15, 0.2) is 58.1 Å². The lowest BCUT2D eigenvalue weighted by molar-refractivity contribution is 0.217. The van der Waals surface area contributed by atoms with E-state index in [4.69, 9.17) is 9.47 Å². The zero-order chi connectivity index (χ0) is 26.9. The molecule has 4 rings (SSSR count). The van der Waals surface area contributed by atoms with Crippen LogP contribution in [0.5, 0.6) is 11.5 Å². The average molecular weight is 581 g/mol. The van der Waals surface area contributed by atoms with Crippen molar-refractivity contribution in [3.05, 3.63) is 70.0 Å². The Labute approximate surface area is 234 Å². The van der Waals surface area contributed by atoms with Crippen molar-refractivity contribution in [1.82, 2.24) is 9.97 Å². The van der Waals surface area contributed by atoms with Crippen LogP contribution in [0, 0.1) is 0 Å². The molecule has 1 aliphatic rings. The molecule has 2 aromatic carbocycles. The van der Waals surface area contributed by atoms with Gasteiger partial charge in [-0.2, -0.15) is 5.10 Å². The fraction of sp³-hybridized carbons (Fsp3) is 0.433. The van der Waals surface area contributed by atoms with Gasteiger partial charge in [0.1, 0.15) is 36.4 Å². The van der Waals surface area contributed by atoms with E-state index in [2.05, 4.69) is 74.5 Å². The van der Waals surface area contributed by atoms with Gasteiger partial charge in [-0.15, -0.1) is 0 Å².